The van der Waals surface area contributed by atoms with Crippen molar-refractivity contribution in [3.63, 3.8) is 0 Å². The molecule has 0 spiro atoms. The number of aliphatic hydroxyl groups excluding tert-OH is 1. The average Bonchev–Trinajstić information content (AvgIpc) is 3.22. The number of aliphatic hydroxyl groups is 1. The van der Waals surface area contributed by atoms with E-state index in [9.17, 15) is 18.7 Å². The molecule has 154 valence electrons. The summed E-state index contributed by atoms with van der Waals surface area (Å²) in [6.07, 6.45) is -0.210. The van der Waals surface area contributed by atoms with E-state index in [1.807, 2.05) is 0 Å². The molecule has 1 atom stereocenters. The minimum Gasteiger partial charge on any atom is -0.389 e. The Balaban J connectivity index is 1.51. The van der Waals surface area contributed by atoms with Gasteiger partial charge in [-0.05, 0) is 46.8 Å². The van der Waals surface area contributed by atoms with Gasteiger partial charge in [0.05, 0.1) is 31.1 Å². The fraction of sp³-hybridized carbons (Fsp3) is 0.182. The molecule has 4 aromatic rings. The smallest absolute Gasteiger partial charge is 0.271 e. The second kappa shape index (κ2) is 8.83. The molecule has 0 aliphatic rings. The van der Waals surface area contributed by atoms with Gasteiger partial charge in [0.25, 0.3) is 5.56 Å². The predicted octanol–water partition coefficient (Wildman–Crippen LogP) is 3.90. The second-order valence-electron chi connectivity index (χ2n) is 6.81. The van der Waals surface area contributed by atoms with Gasteiger partial charge in [-0.25, -0.2) is 13.8 Å². The molecule has 5 nitrogen and oxygen atoms in total. The van der Waals surface area contributed by atoms with Crippen molar-refractivity contribution in [3.05, 3.63) is 99.4 Å². The SMILES string of the molecule is O=c1c2sccc2ncn1CC(O)COC(c1ccc(F)cc1)c1ccc(F)cc1. The fourth-order valence-corrected chi connectivity index (χ4v) is 3.95. The summed E-state index contributed by atoms with van der Waals surface area (Å²) >= 11 is 1.30. The van der Waals surface area contributed by atoms with Gasteiger partial charge in [0.2, 0.25) is 0 Å². The Hall–Kier alpha value is -2.94. The van der Waals surface area contributed by atoms with Gasteiger partial charge in [-0.1, -0.05) is 24.3 Å². The molecule has 2 aromatic heterocycles. The Morgan fingerprint density at radius 1 is 1.00 bits per heavy atom. The molecular formula is C22H18F2N2O3S. The van der Waals surface area contributed by atoms with Crippen LogP contribution in [0.3, 0.4) is 0 Å². The number of benzene rings is 2. The van der Waals surface area contributed by atoms with Crippen molar-refractivity contribution in [2.75, 3.05) is 6.61 Å². The molecule has 0 aliphatic heterocycles. The average molecular weight is 428 g/mol. The Labute approximate surface area is 174 Å². The molecular weight excluding hydrogens is 410 g/mol. The van der Waals surface area contributed by atoms with Crippen LogP contribution in [-0.2, 0) is 11.3 Å². The van der Waals surface area contributed by atoms with Crippen LogP contribution in [0, 0.1) is 11.6 Å². The van der Waals surface area contributed by atoms with E-state index in [2.05, 4.69) is 4.98 Å². The van der Waals surface area contributed by atoms with Gasteiger partial charge in [-0.2, -0.15) is 0 Å². The summed E-state index contributed by atoms with van der Waals surface area (Å²) in [4.78, 5) is 16.7. The maximum absolute atomic E-state index is 13.3. The number of thiophene rings is 1. The van der Waals surface area contributed by atoms with Crippen LogP contribution in [0.2, 0.25) is 0 Å². The monoisotopic (exact) mass is 428 g/mol. The van der Waals surface area contributed by atoms with Gasteiger partial charge in [-0.3, -0.25) is 9.36 Å². The molecule has 0 fully saturated rings. The zero-order valence-corrected chi connectivity index (χ0v) is 16.6. The highest BCUT2D eigenvalue weighted by Crippen LogP contribution is 2.27. The first-order valence-corrected chi connectivity index (χ1v) is 10.1. The first-order valence-electron chi connectivity index (χ1n) is 9.24. The van der Waals surface area contributed by atoms with Crippen LogP contribution in [0.1, 0.15) is 17.2 Å². The quantitative estimate of drug-likeness (QED) is 0.485. The minimum absolute atomic E-state index is 0.0131. The lowest BCUT2D eigenvalue weighted by molar-refractivity contribution is -0.00102. The van der Waals surface area contributed by atoms with Crippen molar-refractivity contribution in [1.29, 1.82) is 0 Å². The van der Waals surface area contributed by atoms with Crippen molar-refractivity contribution < 1.29 is 18.6 Å². The molecule has 0 bridgehead atoms. The number of hydrogen-bond donors (Lipinski definition) is 1. The largest absolute Gasteiger partial charge is 0.389 e. The van der Waals surface area contributed by atoms with Gasteiger partial charge >= 0.3 is 0 Å². The molecule has 1 unspecified atom stereocenters. The van der Waals surface area contributed by atoms with Crippen LogP contribution in [0.4, 0.5) is 8.78 Å². The van der Waals surface area contributed by atoms with E-state index in [0.29, 0.717) is 21.3 Å². The van der Waals surface area contributed by atoms with Crippen molar-refractivity contribution in [3.8, 4) is 0 Å². The van der Waals surface area contributed by atoms with E-state index in [1.165, 1.54) is 46.5 Å². The van der Waals surface area contributed by atoms with Crippen LogP contribution in [0.15, 0.2) is 71.1 Å². The van der Waals surface area contributed by atoms with E-state index in [1.54, 1.807) is 35.7 Å². The molecule has 0 saturated carbocycles. The Kier molecular flexibility index (Phi) is 5.98. The lowest BCUT2D eigenvalue weighted by atomic mass is 10.0. The fourth-order valence-electron chi connectivity index (χ4n) is 3.16. The van der Waals surface area contributed by atoms with Crippen LogP contribution in [0.5, 0.6) is 0 Å². The number of halogens is 2. The van der Waals surface area contributed by atoms with Gasteiger partial charge in [0, 0.05) is 0 Å². The molecule has 2 aromatic carbocycles. The summed E-state index contributed by atoms with van der Waals surface area (Å²) in [5.74, 6) is -0.764. The highest BCUT2D eigenvalue weighted by Gasteiger charge is 2.18. The molecule has 2 heterocycles. The van der Waals surface area contributed by atoms with E-state index in [-0.39, 0.29) is 30.3 Å². The highest BCUT2D eigenvalue weighted by atomic mass is 32.1. The number of nitrogens with zero attached hydrogens (tertiary/aromatic N) is 2. The molecule has 0 aliphatic carbocycles. The first-order chi connectivity index (χ1) is 14.5. The summed E-state index contributed by atoms with van der Waals surface area (Å²) < 4.78 is 34.4. The summed E-state index contributed by atoms with van der Waals surface area (Å²) in [7, 11) is 0. The van der Waals surface area contributed by atoms with Gasteiger partial charge in [0.1, 0.15) is 22.4 Å². The summed E-state index contributed by atoms with van der Waals surface area (Å²) in [5.41, 5.74) is 1.73. The van der Waals surface area contributed by atoms with Gasteiger partial charge < -0.3 is 9.84 Å². The summed E-state index contributed by atoms with van der Waals surface area (Å²) in [6.45, 7) is -0.0758. The number of ether oxygens (including phenoxy) is 1. The van der Waals surface area contributed by atoms with E-state index in [4.69, 9.17) is 4.74 Å². The van der Waals surface area contributed by atoms with Crippen molar-refractivity contribution >= 4 is 21.6 Å². The lowest BCUT2D eigenvalue weighted by Gasteiger charge is -2.21. The molecule has 4 rings (SSSR count). The first kappa shape index (κ1) is 20.3. The number of rotatable bonds is 7. The van der Waals surface area contributed by atoms with Gasteiger partial charge in [0.15, 0.2) is 0 Å². The third-order valence-corrected chi connectivity index (χ3v) is 5.54. The topological polar surface area (TPSA) is 64.4 Å². The molecule has 30 heavy (non-hydrogen) atoms. The van der Waals surface area contributed by atoms with Crippen molar-refractivity contribution in [2.24, 2.45) is 0 Å². The second-order valence-corrected chi connectivity index (χ2v) is 7.72. The molecule has 0 amide bonds. The normalized spacial score (nSPS) is 12.5. The number of aromatic nitrogens is 2. The van der Waals surface area contributed by atoms with E-state index < -0.39 is 12.2 Å². The van der Waals surface area contributed by atoms with Gasteiger partial charge in [-0.15, -0.1) is 11.3 Å². The van der Waals surface area contributed by atoms with Crippen molar-refractivity contribution in [1.82, 2.24) is 9.55 Å². The standard InChI is InChI=1S/C22H18F2N2O3S/c23-16-5-1-14(2-6-16)20(15-3-7-17(24)8-4-15)29-12-18(27)11-26-13-25-19-9-10-30-21(19)22(26)28/h1-10,13,18,20,27H,11-12H2. The number of fused-ring (bicyclic) bond motifs is 1. The minimum atomic E-state index is -0.981. The predicted molar refractivity (Wildman–Crippen MR) is 110 cm³/mol. The van der Waals surface area contributed by atoms with Crippen molar-refractivity contribution in [2.45, 2.75) is 18.8 Å². The van der Waals surface area contributed by atoms with Crippen LogP contribution in [-0.4, -0.2) is 27.4 Å². The third kappa shape index (κ3) is 4.46. The maximum atomic E-state index is 13.3. The van der Waals surface area contributed by atoms with Crippen LogP contribution < -0.4 is 5.56 Å². The third-order valence-electron chi connectivity index (χ3n) is 4.64. The molecule has 0 saturated heterocycles. The number of hydrogen-bond acceptors (Lipinski definition) is 5. The Morgan fingerprint density at radius 3 is 2.20 bits per heavy atom. The summed E-state index contributed by atoms with van der Waals surface area (Å²) in [6, 6.07) is 13.3. The van der Waals surface area contributed by atoms with E-state index >= 15 is 0 Å². The molecule has 8 heteroatoms. The Bertz CT molecular complexity index is 1140. The highest BCUT2D eigenvalue weighted by molar-refractivity contribution is 7.17. The molecule has 1 N–H and O–H groups in total. The van der Waals surface area contributed by atoms with Crippen LogP contribution >= 0.6 is 11.3 Å². The molecule has 0 radical (unpaired) electrons. The Morgan fingerprint density at radius 2 is 1.60 bits per heavy atom. The van der Waals surface area contributed by atoms with Crippen LogP contribution in [0.25, 0.3) is 10.2 Å². The van der Waals surface area contributed by atoms with E-state index in [0.717, 1.165) is 0 Å². The lowest BCUT2D eigenvalue weighted by Crippen LogP contribution is -2.29. The zero-order valence-electron chi connectivity index (χ0n) is 15.7. The summed E-state index contributed by atoms with van der Waals surface area (Å²) in [5, 5.41) is 12.2. The zero-order chi connectivity index (χ0) is 21.1. The maximum Gasteiger partial charge on any atom is 0.271 e.